The molecule has 0 aromatic rings. The van der Waals surface area contributed by atoms with Crippen LogP contribution in [-0.2, 0) is 14.3 Å². The minimum Gasteiger partial charge on any atom is -0.465 e. The Labute approximate surface area is 122 Å². The molecule has 0 bridgehead atoms. The van der Waals surface area contributed by atoms with Crippen LogP contribution in [0.15, 0.2) is 0 Å². The Balaban J connectivity index is 3.20. The molecule has 0 aliphatic carbocycles. The maximum absolute atomic E-state index is 11.2. The largest absolute Gasteiger partial charge is 0.465 e. The van der Waals surface area contributed by atoms with Crippen LogP contribution in [0.2, 0.25) is 0 Å². The first-order valence-corrected chi connectivity index (χ1v) is 8.44. The fourth-order valence-corrected chi connectivity index (χ4v) is 2.59. The van der Waals surface area contributed by atoms with Crippen molar-refractivity contribution < 1.29 is 19.1 Å². The fraction of sp³-hybridized carbons (Fsp3) is 0.818. The zero-order chi connectivity index (χ0) is 14.5. The highest BCUT2D eigenvalue weighted by molar-refractivity contribution is 8.76. The summed E-state index contributed by atoms with van der Waals surface area (Å²) in [6.45, 7) is 3.55. The third-order valence-electron chi connectivity index (χ3n) is 1.78. The summed E-state index contributed by atoms with van der Waals surface area (Å²) in [5.74, 6) is 1.19. The van der Waals surface area contributed by atoms with Crippen LogP contribution in [0.4, 0.5) is 4.79 Å². The molecule has 0 rings (SSSR count). The molecule has 1 amide bonds. The zero-order valence-electron chi connectivity index (χ0n) is 11.6. The van der Waals surface area contributed by atoms with Gasteiger partial charge in [0.15, 0.2) is 0 Å². The van der Waals surface area contributed by atoms with Crippen molar-refractivity contribution in [3.8, 4) is 0 Å². The van der Waals surface area contributed by atoms with Crippen molar-refractivity contribution in [2.75, 3.05) is 51.9 Å². The highest BCUT2D eigenvalue weighted by Gasteiger charge is 2.01. The van der Waals surface area contributed by atoms with E-state index in [1.165, 1.54) is 6.92 Å². The Hall–Kier alpha value is -0.600. The van der Waals surface area contributed by atoms with E-state index in [1.807, 2.05) is 19.0 Å². The van der Waals surface area contributed by atoms with E-state index in [0.29, 0.717) is 25.5 Å². The fourth-order valence-electron chi connectivity index (χ4n) is 0.938. The molecule has 19 heavy (non-hydrogen) atoms. The van der Waals surface area contributed by atoms with Gasteiger partial charge in [0, 0.05) is 31.5 Å². The lowest BCUT2D eigenvalue weighted by Crippen LogP contribution is -2.32. The van der Waals surface area contributed by atoms with Crippen LogP contribution in [0.5, 0.6) is 0 Å². The molecular formula is C11H22N2O4S2. The first-order valence-electron chi connectivity index (χ1n) is 5.95. The van der Waals surface area contributed by atoms with Crippen LogP contribution in [0.25, 0.3) is 0 Å². The Bertz CT molecular complexity index is 265. The summed E-state index contributed by atoms with van der Waals surface area (Å²) in [6.07, 6.45) is -0.382. The van der Waals surface area contributed by atoms with Crippen molar-refractivity contribution in [1.82, 2.24) is 10.2 Å². The molecule has 6 nitrogen and oxygen atoms in total. The van der Waals surface area contributed by atoms with Crippen LogP contribution in [0.3, 0.4) is 0 Å². The number of nitrogens with one attached hydrogen (secondary N) is 1. The van der Waals surface area contributed by atoms with Crippen molar-refractivity contribution in [2.45, 2.75) is 6.92 Å². The van der Waals surface area contributed by atoms with Crippen molar-refractivity contribution in [3.05, 3.63) is 0 Å². The molecular weight excluding hydrogens is 288 g/mol. The second-order valence-electron chi connectivity index (χ2n) is 3.85. The third-order valence-corrected chi connectivity index (χ3v) is 4.12. The van der Waals surface area contributed by atoms with Gasteiger partial charge in [-0.05, 0) is 14.1 Å². The highest BCUT2D eigenvalue weighted by atomic mass is 33.1. The highest BCUT2D eigenvalue weighted by Crippen LogP contribution is 2.20. The van der Waals surface area contributed by atoms with E-state index in [1.54, 1.807) is 21.6 Å². The van der Waals surface area contributed by atoms with E-state index in [4.69, 9.17) is 9.47 Å². The van der Waals surface area contributed by atoms with Gasteiger partial charge in [-0.2, -0.15) is 0 Å². The summed E-state index contributed by atoms with van der Waals surface area (Å²) in [5.41, 5.74) is 0. The molecule has 8 heteroatoms. The number of alkyl carbamates (subject to hydrolysis) is 1. The van der Waals surface area contributed by atoms with Gasteiger partial charge in [0.1, 0.15) is 13.2 Å². The number of carbonyl (C=O) groups excluding carboxylic acids is 2. The number of likely N-dealkylation sites (N-methyl/N-ethyl adjacent to an activating group) is 1. The van der Waals surface area contributed by atoms with Gasteiger partial charge < -0.3 is 19.7 Å². The number of amides is 1. The van der Waals surface area contributed by atoms with Gasteiger partial charge in [-0.25, -0.2) is 4.79 Å². The van der Waals surface area contributed by atoms with Crippen LogP contribution in [0, 0.1) is 0 Å². The first kappa shape index (κ1) is 18.4. The molecule has 0 spiro atoms. The van der Waals surface area contributed by atoms with Crippen LogP contribution in [-0.4, -0.2) is 68.9 Å². The lowest BCUT2D eigenvalue weighted by atomic mass is 10.6. The molecule has 0 unspecified atom stereocenters. The minimum absolute atomic E-state index is 0.261. The van der Waals surface area contributed by atoms with Gasteiger partial charge in [0.25, 0.3) is 0 Å². The maximum atomic E-state index is 11.2. The molecule has 0 aliphatic heterocycles. The Morgan fingerprint density at radius 2 is 1.68 bits per heavy atom. The molecule has 0 aliphatic rings. The van der Waals surface area contributed by atoms with Gasteiger partial charge in [0.05, 0.1) is 0 Å². The molecule has 112 valence electrons. The average Bonchev–Trinajstić information content (AvgIpc) is 2.31. The predicted molar refractivity (Wildman–Crippen MR) is 79.5 cm³/mol. The van der Waals surface area contributed by atoms with Gasteiger partial charge >= 0.3 is 12.1 Å². The van der Waals surface area contributed by atoms with Crippen molar-refractivity contribution in [2.24, 2.45) is 0 Å². The number of hydrogen-bond acceptors (Lipinski definition) is 7. The van der Waals surface area contributed by atoms with E-state index in [9.17, 15) is 9.59 Å². The second-order valence-corrected chi connectivity index (χ2v) is 6.55. The summed E-state index contributed by atoms with van der Waals surface area (Å²) in [4.78, 5) is 23.7. The second kappa shape index (κ2) is 12.4. The summed E-state index contributed by atoms with van der Waals surface area (Å²) in [7, 11) is 7.06. The molecule has 0 aromatic heterocycles. The number of nitrogens with zero attached hydrogens (tertiary/aromatic N) is 1. The Morgan fingerprint density at radius 3 is 2.21 bits per heavy atom. The van der Waals surface area contributed by atoms with Gasteiger partial charge in [-0.15, -0.1) is 0 Å². The summed E-state index contributed by atoms with van der Waals surface area (Å²) in [6, 6.07) is 0. The number of esters is 1. The van der Waals surface area contributed by atoms with Gasteiger partial charge in [-0.3, -0.25) is 4.79 Å². The van der Waals surface area contributed by atoms with E-state index in [-0.39, 0.29) is 12.1 Å². The van der Waals surface area contributed by atoms with Crippen LogP contribution < -0.4 is 5.32 Å². The number of hydrogen-bond donors (Lipinski definition) is 1. The standard InChI is InChI=1S/C11H22N2O4S2/c1-10(14)16-6-8-18-19-9-7-17-11(15)12-4-5-13(2)3/h4-9H2,1-3H3,(H,12,15). The quantitative estimate of drug-likeness (QED) is 0.369. The zero-order valence-corrected chi connectivity index (χ0v) is 13.3. The van der Waals surface area contributed by atoms with Crippen LogP contribution >= 0.6 is 21.6 Å². The van der Waals surface area contributed by atoms with Crippen molar-refractivity contribution in [3.63, 3.8) is 0 Å². The molecule has 0 atom stereocenters. The van der Waals surface area contributed by atoms with E-state index in [0.717, 1.165) is 12.3 Å². The molecule has 0 saturated heterocycles. The summed E-state index contributed by atoms with van der Waals surface area (Å²) >= 11 is 0. The number of ether oxygens (including phenoxy) is 2. The maximum Gasteiger partial charge on any atom is 0.407 e. The summed E-state index contributed by atoms with van der Waals surface area (Å²) in [5, 5.41) is 2.66. The Morgan fingerprint density at radius 1 is 1.11 bits per heavy atom. The Kier molecular flexibility index (Phi) is 12.0. The molecule has 1 N–H and O–H groups in total. The molecule has 0 heterocycles. The first-order chi connectivity index (χ1) is 9.02. The average molecular weight is 310 g/mol. The van der Waals surface area contributed by atoms with E-state index in [2.05, 4.69) is 5.32 Å². The van der Waals surface area contributed by atoms with E-state index >= 15 is 0 Å². The molecule has 0 radical (unpaired) electrons. The topological polar surface area (TPSA) is 67.9 Å². The minimum atomic E-state index is -0.382. The summed E-state index contributed by atoms with van der Waals surface area (Å²) < 4.78 is 9.76. The lowest BCUT2D eigenvalue weighted by molar-refractivity contribution is -0.140. The number of carbonyl (C=O) groups is 2. The lowest BCUT2D eigenvalue weighted by Gasteiger charge is -2.10. The van der Waals surface area contributed by atoms with Crippen molar-refractivity contribution >= 4 is 33.7 Å². The third kappa shape index (κ3) is 15.3. The number of rotatable bonds is 10. The van der Waals surface area contributed by atoms with Crippen molar-refractivity contribution in [1.29, 1.82) is 0 Å². The monoisotopic (exact) mass is 310 g/mol. The molecule has 0 fully saturated rings. The SMILES string of the molecule is CC(=O)OCCSSCCOC(=O)NCCN(C)C. The van der Waals surface area contributed by atoms with E-state index < -0.39 is 0 Å². The smallest absolute Gasteiger partial charge is 0.407 e. The molecule has 0 saturated carbocycles. The van der Waals surface area contributed by atoms with Crippen LogP contribution in [0.1, 0.15) is 6.92 Å². The van der Waals surface area contributed by atoms with Gasteiger partial charge in [0.2, 0.25) is 0 Å². The predicted octanol–water partition coefficient (Wildman–Crippen LogP) is 1.22. The normalized spacial score (nSPS) is 10.3. The molecule has 0 aromatic carbocycles. The van der Waals surface area contributed by atoms with Gasteiger partial charge in [-0.1, -0.05) is 21.6 Å².